The number of rotatable bonds is 6. The highest BCUT2D eigenvalue weighted by Crippen LogP contribution is 2.25. The molecule has 7 nitrogen and oxygen atoms in total. The molecule has 1 fully saturated rings. The largest absolute Gasteiger partial charge is 0.324 e. The number of anilines is 1. The number of hydrogen-bond acceptors (Lipinski definition) is 5. The minimum absolute atomic E-state index is 0.0587. The Hall–Kier alpha value is -2.80. The Morgan fingerprint density at radius 2 is 1.97 bits per heavy atom. The number of amides is 2. The van der Waals surface area contributed by atoms with Crippen LogP contribution in [0.4, 0.5) is 5.69 Å². The van der Waals surface area contributed by atoms with Gasteiger partial charge >= 0.3 is 0 Å². The average Bonchev–Trinajstić information content (AvgIpc) is 3.24. The van der Waals surface area contributed by atoms with Gasteiger partial charge < -0.3 is 10.2 Å². The standard InChI is InChI=1S/C22H23N3O4S2/c1-4-10-23-31(28,29)19-7-5-6-17(12-19)22(27)25-14-30-13-20(25)21(26)24-18-9-8-15(2)16(3)11-18/h1,5-9,11-12,20,23H,10,13-14H2,2-3H3,(H,24,26). The molecule has 2 aromatic rings. The van der Waals surface area contributed by atoms with Gasteiger partial charge in [-0.1, -0.05) is 18.1 Å². The molecule has 1 heterocycles. The Kier molecular flexibility index (Phi) is 7.05. The molecule has 1 unspecified atom stereocenters. The molecule has 9 heteroatoms. The van der Waals surface area contributed by atoms with Crippen molar-refractivity contribution in [1.29, 1.82) is 0 Å². The zero-order chi connectivity index (χ0) is 22.6. The van der Waals surface area contributed by atoms with Crippen LogP contribution in [0.5, 0.6) is 0 Å². The predicted octanol–water partition coefficient (Wildman–Crippen LogP) is 2.37. The first-order valence-electron chi connectivity index (χ1n) is 9.53. The van der Waals surface area contributed by atoms with Crippen LogP contribution in [-0.4, -0.2) is 49.3 Å². The molecule has 0 aliphatic carbocycles. The Labute approximate surface area is 186 Å². The van der Waals surface area contributed by atoms with Crippen molar-refractivity contribution >= 4 is 39.3 Å². The van der Waals surface area contributed by atoms with Gasteiger partial charge in [0.25, 0.3) is 5.91 Å². The molecular formula is C22H23N3O4S2. The Morgan fingerprint density at radius 3 is 2.68 bits per heavy atom. The topological polar surface area (TPSA) is 95.6 Å². The van der Waals surface area contributed by atoms with E-state index in [0.29, 0.717) is 17.3 Å². The van der Waals surface area contributed by atoms with Crippen molar-refractivity contribution in [1.82, 2.24) is 9.62 Å². The maximum absolute atomic E-state index is 13.1. The lowest BCUT2D eigenvalue weighted by atomic mass is 10.1. The first kappa shape index (κ1) is 22.9. The number of hydrogen-bond donors (Lipinski definition) is 2. The van der Waals surface area contributed by atoms with Gasteiger partial charge in [-0.25, -0.2) is 8.42 Å². The van der Waals surface area contributed by atoms with Crippen LogP contribution >= 0.6 is 11.8 Å². The molecule has 1 saturated heterocycles. The van der Waals surface area contributed by atoms with E-state index in [1.165, 1.54) is 40.9 Å². The number of thioether (sulfide) groups is 1. The fourth-order valence-corrected chi connectivity index (χ4v) is 5.22. The Balaban J connectivity index is 1.78. The molecular weight excluding hydrogens is 434 g/mol. The second kappa shape index (κ2) is 9.56. The van der Waals surface area contributed by atoms with E-state index in [-0.39, 0.29) is 22.9 Å². The molecule has 0 aromatic heterocycles. The molecule has 0 bridgehead atoms. The summed E-state index contributed by atoms with van der Waals surface area (Å²) in [6.45, 7) is 3.81. The van der Waals surface area contributed by atoms with Crippen LogP contribution in [0.2, 0.25) is 0 Å². The zero-order valence-electron chi connectivity index (χ0n) is 17.2. The summed E-state index contributed by atoms with van der Waals surface area (Å²) in [6.07, 6.45) is 5.11. The molecule has 162 valence electrons. The molecule has 2 N–H and O–H groups in total. The molecule has 0 saturated carbocycles. The van der Waals surface area contributed by atoms with Crippen molar-refractivity contribution in [2.75, 3.05) is 23.5 Å². The maximum Gasteiger partial charge on any atom is 0.255 e. The molecule has 0 spiro atoms. The smallest absolute Gasteiger partial charge is 0.255 e. The Morgan fingerprint density at radius 1 is 1.19 bits per heavy atom. The van der Waals surface area contributed by atoms with E-state index in [0.717, 1.165) is 11.1 Å². The number of terminal acetylenes is 1. The second-order valence-corrected chi connectivity index (χ2v) is 9.90. The summed E-state index contributed by atoms with van der Waals surface area (Å²) in [7, 11) is -3.83. The number of aryl methyl sites for hydroxylation is 2. The summed E-state index contributed by atoms with van der Waals surface area (Å²) < 4.78 is 26.9. The highest BCUT2D eigenvalue weighted by Gasteiger charge is 2.35. The third kappa shape index (κ3) is 5.28. The van der Waals surface area contributed by atoms with Crippen molar-refractivity contribution in [3.63, 3.8) is 0 Å². The zero-order valence-corrected chi connectivity index (χ0v) is 18.8. The molecule has 1 atom stereocenters. The van der Waals surface area contributed by atoms with Crippen molar-refractivity contribution in [2.24, 2.45) is 0 Å². The van der Waals surface area contributed by atoms with Crippen LogP contribution in [0.1, 0.15) is 21.5 Å². The van der Waals surface area contributed by atoms with Crippen LogP contribution in [0.25, 0.3) is 0 Å². The normalized spacial score (nSPS) is 16.0. The van der Waals surface area contributed by atoms with Crippen molar-refractivity contribution in [3.05, 3.63) is 59.2 Å². The number of carbonyl (C=O) groups is 2. The van der Waals surface area contributed by atoms with Crippen LogP contribution in [0, 0.1) is 26.2 Å². The SMILES string of the molecule is C#CCNS(=O)(=O)c1cccc(C(=O)N2CSCC2C(=O)Nc2ccc(C)c(C)c2)c1. The minimum Gasteiger partial charge on any atom is -0.324 e. The number of benzene rings is 2. The number of carbonyl (C=O) groups excluding carboxylic acids is 2. The third-order valence-electron chi connectivity index (χ3n) is 4.98. The van der Waals surface area contributed by atoms with Crippen LogP contribution in [0.15, 0.2) is 47.4 Å². The summed E-state index contributed by atoms with van der Waals surface area (Å²) in [5.41, 5.74) is 3.04. The van der Waals surface area contributed by atoms with Gasteiger partial charge in [0.15, 0.2) is 0 Å². The molecule has 3 rings (SSSR count). The Bertz CT molecular complexity index is 1160. The lowest BCUT2D eigenvalue weighted by molar-refractivity contribution is -0.119. The second-order valence-electron chi connectivity index (χ2n) is 7.14. The van der Waals surface area contributed by atoms with E-state index in [4.69, 9.17) is 6.42 Å². The van der Waals surface area contributed by atoms with Gasteiger partial charge in [0.1, 0.15) is 6.04 Å². The summed E-state index contributed by atoms with van der Waals surface area (Å²) in [5.74, 6) is 2.33. The minimum atomic E-state index is -3.83. The van der Waals surface area contributed by atoms with Gasteiger partial charge in [-0.2, -0.15) is 4.72 Å². The van der Waals surface area contributed by atoms with Gasteiger partial charge in [0, 0.05) is 17.0 Å². The summed E-state index contributed by atoms with van der Waals surface area (Å²) in [5, 5.41) is 2.88. The van der Waals surface area contributed by atoms with E-state index < -0.39 is 22.0 Å². The number of nitrogens with zero attached hydrogens (tertiary/aromatic N) is 1. The fraction of sp³-hybridized carbons (Fsp3) is 0.273. The van der Waals surface area contributed by atoms with E-state index in [1.54, 1.807) is 0 Å². The van der Waals surface area contributed by atoms with Gasteiger partial charge in [-0.3, -0.25) is 9.59 Å². The average molecular weight is 458 g/mol. The predicted molar refractivity (Wildman–Crippen MR) is 122 cm³/mol. The van der Waals surface area contributed by atoms with E-state index in [2.05, 4.69) is 16.0 Å². The highest BCUT2D eigenvalue weighted by molar-refractivity contribution is 7.99. The van der Waals surface area contributed by atoms with E-state index >= 15 is 0 Å². The lowest BCUT2D eigenvalue weighted by Gasteiger charge is -2.23. The van der Waals surface area contributed by atoms with Crippen LogP contribution < -0.4 is 10.0 Å². The molecule has 2 aromatic carbocycles. The number of sulfonamides is 1. The van der Waals surface area contributed by atoms with Gasteiger partial charge in [0.05, 0.1) is 17.3 Å². The van der Waals surface area contributed by atoms with Gasteiger partial charge in [-0.05, 0) is 55.3 Å². The number of nitrogens with one attached hydrogen (secondary N) is 2. The van der Waals surface area contributed by atoms with Crippen LogP contribution in [-0.2, 0) is 14.8 Å². The van der Waals surface area contributed by atoms with E-state index in [9.17, 15) is 18.0 Å². The van der Waals surface area contributed by atoms with Crippen molar-refractivity contribution in [2.45, 2.75) is 24.8 Å². The van der Waals surface area contributed by atoms with Crippen LogP contribution in [0.3, 0.4) is 0 Å². The highest BCUT2D eigenvalue weighted by atomic mass is 32.2. The third-order valence-corrected chi connectivity index (χ3v) is 7.39. The molecule has 0 radical (unpaired) electrons. The van der Waals surface area contributed by atoms with E-state index in [1.807, 2.05) is 32.0 Å². The summed E-state index contributed by atoms with van der Waals surface area (Å²) in [6, 6.07) is 10.7. The maximum atomic E-state index is 13.1. The van der Waals surface area contributed by atoms with Crippen molar-refractivity contribution < 1.29 is 18.0 Å². The summed E-state index contributed by atoms with van der Waals surface area (Å²) >= 11 is 1.47. The van der Waals surface area contributed by atoms with Gasteiger partial charge in [-0.15, -0.1) is 18.2 Å². The van der Waals surface area contributed by atoms with Crippen molar-refractivity contribution in [3.8, 4) is 12.3 Å². The first-order chi connectivity index (χ1) is 14.7. The molecule has 1 aliphatic heterocycles. The molecule has 1 aliphatic rings. The first-order valence-corrected chi connectivity index (χ1v) is 12.2. The molecule has 2 amide bonds. The lowest BCUT2D eigenvalue weighted by Crippen LogP contribution is -2.44. The monoisotopic (exact) mass is 457 g/mol. The summed E-state index contributed by atoms with van der Waals surface area (Å²) in [4.78, 5) is 27.4. The van der Waals surface area contributed by atoms with Gasteiger partial charge in [0.2, 0.25) is 15.9 Å². The molecule has 31 heavy (non-hydrogen) atoms. The quantitative estimate of drug-likeness (QED) is 0.650. The fourth-order valence-electron chi connectivity index (χ4n) is 3.09.